The summed E-state index contributed by atoms with van der Waals surface area (Å²) in [6, 6.07) is 1.74. The fourth-order valence-corrected chi connectivity index (χ4v) is 1.84. The van der Waals surface area contributed by atoms with Crippen molar-refractivity contribution in [1.82, 2.24) is 0 Å². The molecule has 1 aromatic rings. The molecule has 1 aromatic heterocycles. The Hall–Kier alpha value is -0.0900. The quantitative estimate of drug-likeness (QED) is 0.746. The van der Waals surface area contributed by atoms with Crippen LogP contribution in [0.15, 0.2) is 11.4 Å². The molecule has 3 N–H and O–H groups in total. The third-order valence-electron chi connectivity index (χ3n) is 1.50. The van der Waals surface area contributed by atoms with Crippen molar-refractivity contribution >= 4 is 22.9 Å². The molecule has 4 heteroatoms. The fraction of sp³-hybridized carbons (Fsp3) is 0.429. The monoisotopic (exact) mass is 191 g/mol. The maximum atomic E-state index is 9.63. The van der Waals surface area contributed by atoms with Crippen LogP contribution in [0.25, 0.3) is 0 Å². The molecule has 0 aromatic carbocycles. The van der Waals surface area contributed by atoms with E-state index in [1.165, 1.54) is 11.3 Å². The van der Waals surface area contributed by atoms with Crippen molar-refractivity contribution in [2.24, 2.45) is 5.73 Å². The van der Waals surface area contributed by atoms with Gasteiger partial charge in [0.1, 0.15) is 5.60 Å². The molecule has 0 fully saturated rings. The molecule has 1 rings (SSSR count). The summed E-state index contributed by atoms with van der Waals surface area (Å²) in [6.45, 7) is 1.89. The molecule has 1 atom stereocenters. The van der Waals surface area contributed by atoms with E-state index >= 15 is 0 Å². The summed E-state index contributed by atoms with van der Waals surface area (Å²) in [6.07, 6.45) is 0. The third kappa shape index (κ3) is 1.93. The predicted molar refractivity (Wildman–Crippen MR) is 48.0 cm³/mol. The van der Waals surface area contributed by atoms with E-state index in [4.69, 9.17) is 17.3 Å². The van der Waals surface area contributed by atoms with Gasteiger partial charge in [-0.05, 0) is 13.0 Å². The van der Waals surface area contributed by atoms with Gasteiger partial charge in [-0.25, -0.2) is 0 Å². The summed E-state index contributed by atoms with van der Waals surface area (Å²) in [5.74, 6) is 0. The molecule has 0 aliphatic heterocycles. The fourth-order valence-electron chi connectivity index (χ4n) is 0.696. The molecule has 0 radical (unpaired) electrons. The maximum Gasteiger partial charge on any atom is 0.108 e. The van der Waals surface area contributed by atoms with Crippen molar-refractivity contribution in [1.29, 1.82) is 0 Å². The van der Waals surface area contributed by atoms with Gasteiger partial charge in [-0.2, -0.15) is 0 Å². The lowest BCUT2D eigenvalue weighted by atomic mass is 10.1. The second-order valence-corrected chi connectivity index (χ2v) is 3.95. The molecular weight excluding hydrogens is 182 g/mol. The number of rotatable bonds is 2. The van der Waals surface area contributed by atoms with Crippen LogP contribution in [0.5, 0.6) is 0 Å². The largest absolute Gasteiger partial charge is 0.383 e. The Bertz CT molecular complexity index is 246. The van der Waals surface area contributed by atoms with Crippen molar-refractivity contribution in [3.05, 3.63) is 21.3 Å². The third-order valence-corrected chi connectivity index (χ3v) is 3.03. The zero-order valence-electron chi connectivity index (χ0n) is 6.17. The van der Waals surface area contributed by atoms with E-state index in [1.54, 1.807) is 18.4 Å². The van der Waals surface area contributed by atoms with Gasteiger partial charge in [-0.1, -0.05) is 11.6 Å². The molecule has 11 heavy (non-hydrogen) atoms. The molecule has 0 aliphatic rings. The number of nitrogens with two attached hydrogens (primary N) is 1. The molecule has 0 bridgehead atoms. The van der Waals surface area contributed by atoms with E-state index in [0.717, 1.165) is 4.88 Å². The lowest BCUT2D eigenvalue weighted by Crippen LogP contribution is -2.30. The Morgan fingerprint density at radius 2 is 2.45 bits per heavy atom. The van der Waals surface area contributed by atoms with E-state index in [9.17, 15) is 5.11 Å². The van der Waals surface area contributed by atoms with Crippen molar-refractivity contribution in [2.45, 2.75) is 12.5 Å². The summed E-state index contributed by atoms with van der Waals surface area (Å²) in [7, 11) is 0. The normalized spacial score (nSPS) is 16.4. The SMILES string of the molecule is CC(O)(CN)c1cc(Cl)cs1. The van der Waals surface area contributed by atoms with Crippen LogP contribution in [0.3, 0.4) is 0 Å². The second-order valence-electron chi connectivity index (χ2n) is 2.61. The predicted octanol–water partition coefficient (Wildman–Crippen LogP) is 1.57. The maximum absolute atomic E-state index is 9.63. The summed E-state index contributed by atoms with van der Waals surface area (Å²) in [5.41, 5.74) is 4.43. The van der Waals surface area contributed by atoms with Crippen molar-refractivity contribution in [3.8, 4) is 0 Å². The number of halogens is 1. The molecule has 0 saturated heterocycles. The van der Waals surface area contributed by atoms with E-state index < -0.39 is 5.60 Å². The van der Waals surface area contributed by atoms with Gasteiger partial charge in [0.15, 0.2) is 0 Å². The number of aliphatic hydroxyl groups is 1. The second kappa shape index (κ2) is 3.11. The minimum absolute atomic E-state index is 0.212. The Labute approximate surface area is 74.6 Å². The highest BCUT2D eigenvalue weighted by molar-refractivity contribution is 7.10. The van der Waals surface area contributed by atoms with Gasteiger partial charge in [-0.15, -0.1) is 11.3 Å². The van der Waals surface area contributed by atoms with Gasteiger partial charge < -0.3 is 10.8 Å². The van der Waals surface area contributed by atoms with Crippen LogP contribution in [0.2, 0.25) is 5.02 Å². The lowest BCUT2D eigenvalue weighted by molar-refractivity contribution is 0.0707. The standard InChI is InChI=1S/C7H10ClNOS/c1-7(10,4-9)6-2-5(8)3-11-6/h2-3,10H,4,9H2,1H3. The van der Waals surface area contributed by atoms with Crippen molar-refractivity contribution < 1.29 is 5.11 Å². The van der Waals surface area contributed by atoms with Crippen LogP contribution in [0.4, 0.5) is 0 Å². The number of thiophene rings is 1. The minimum atomic E-state index is -0.933. The van der Waals surface area contributed by atoms with Gasteiger partial charge in [0.2, 0.25) is 0 Å². The molecule has 0 amide bonds. The topological polar surface area (TPSA) is 46.2 Å². The first-order valence-electron chi connectivity index (χ1n) is 3.23. The summed E-state index contributed by atoms with van der Waals surface area (Å²) < 4.78 is 0. The Kier molecular flexibility index (Phi) is 2.54. The van der Waals surface area contributed by atoms with Crippen LogP contribution in [-0.4, -0.2) is 11.7 Å². The molecular formula is C7H10ClNOS. The van der Waals surface area contributed by atoms with Gasteiger partial charge in [-0.3, -0.25) is 0 Å². The zero-order chi connectivity index (χ0) is 8.48. The molecule has 0 saturated carbocycles. The molecule has 1 unspecified atom stereocenters. The Balaban J connectivity index is 2.92. The van der Waals surface area contributed by atoms with E-state index in [1.807, 2.05) is 0 Å². The smallest absolute Gasteiger partial charge is 0.108 e. The van der Waals surface area contributed by atoms with Crippen LogP contribution in [-0.2, 0) is 5.60 Å². The van der Waals surface area contributed by atoms with Crippen LogP contribution < -0.4 is 5.73 Å². The first-order valence-corrected chi connectivity index (χ1v) is 4.49. The number of hydrogen-bond acceptors (Lipinski definition) is 3. The van der Waals surface area contributed by atoms with Gasteiger partial charge in [0.25, 0.3) is 0 Å². The zero-order valence-corrected chi connectivity index (χ0v) is 7.75. The first kappa shape index (κ1) is 9.00. The summed E-state index contributed by atoms with van der Waals surface area (Å²) in [4.78, 5) is 0.810. The van der Waals surface area contributed by atoms with Crippen molar-refractivity contribution in [2.75, 3.05) is 6.54 Å². The van der Waals surface area contributed by atoms with Gasteiger partial charge >= 0.3 is 0 Å². The summed E-state index contributed by atoms with van der Waals surface area (Å²) >= 11 is 7.10. The van der Waals surface area contributed by atoms with Gasteiger partial charge in [0.05, 0.1) is 5.02 Å². The van der Waals surface area contributed by atoms with E-state index in [-0.39, 0.29) is 6.54 Å². The first-order chi connectivity index (χ1) is 5.06. The molecule has 2 nitrogen and oxygen atoms in total. The van der Waals surface area contributed by atoms with E-state index in [0.29, 0.717) is 5.02 Å². The van der Waals surface area contributed by atoms with E-state index in [2.05, 4.69) is 0 Å². The molecule has 0 spiro atoms. The number of hydrogen-bond donors (Lipinski definition) is 2. The average molecular weight is 192 g/mol. The lowest BCUT2D eigenvalue weighted by Gasteiger charge is -2.18. The van der Waals surface area contributed by atoms with Crippen molar-refractivity contribution in [3.63, 3.8) is 0 Å². The highest BCUT2D eigenvalue weighted by Gasteiger charge is 2.22. The average Bonchev–Trinajstić information content (AvgIpc) is 2.36. The summed E-state index contributed by atoms with van der Waals surface area (Å²) in [5, 5.41) is 12.1. The minimum Gasteiger partial charge on any atom is -0.383 e. The van der Waals surface area contributed by atoms with Crippen LogP contribution >= 0.6 is 22.9 Å². The van der Waals surface area contributed by atoms with Gasteiger partial charge in [0, 0.05) is 16.8 Å². The molecule has 0 aliphatic carbocycles. The molecule has 1 heterocycles. The Morgan fingerprint density at radius 3 is 2.82 bits per heavy atom. The highest BCUT2D eigenvalue weighted by atomic mass is 35.5. The molecule has 62 valence electrons. The highest BCUT2D eigenvalue weighted by Crippen LogP contribution is 2.28. The Morgan fingerprint density at radius 1 is 1.82 bits per heavy atom. The van der Waals surface area contributed by atoms with Crippen LogP contribution in [0, 0.1) is 0 Å². The van der Waals surface area contributed by atoms with Crippen LogP contribution in [0.1, 0.15) is 11.8 Å².